The van der Waals surface area contributed by atoms with Gasteiger partial charge in [0, 0.05) is 26.1 Å². The molecule has 0 aromatic rings. The minimum absolute atomic E-state index is 0.0563. The van der Waals surface area contributed by atoms with Crippen LogP contribution in [0.1, 0.15) is 12.8 Å². The number of hydrogen-bond donors (Lipinski definition) is 1. The second kappa shape index (κ2) is 4.50. The van der Waals surface area contributed by atoms with E-state index in [1.807, 2.05) is 0 Å². The number of alkyl halides is 3. The molecule has 0 saturated carbocycles. The van der Waals surface area contributed by atoms with Crippen molar-refractivity contribution in [1.29, 1.82) is 0 Å². The monoisotopic (exact) mass is 224 g/mol. The van der Waals surface area contributed by atoms with Gasteiger partial charge in [-0.2, -0.15) is 13.2 Å². The average molecular weight is 224 g/mol. The van der Waals surface area contributed by atoms with E-state index in [1.165, 1.54) is 0 Å². The summed E-state index contributed by atoms with van der Waals surface area (Å²) in [4.78, 5) is 23.1. The van der Waals surface area contributed by atoms with Crippen molar-refractivity contribution in [3.63, 3.8) is 0 Å². The molecule has 1 aliphatic rings. The minimum Gasteiger partial charge on any atom is -0.354 e. The smallest absolute Gasteiger partial charge is 0.354 e. The van der Waals surface area contributed by atoms with Gasteiger partial charge in [0.1, 0.15) is 6.42 Å². The molecule has 1 aliphatic heterocycles. The SMILES string of the molecule is O=C1CCN(C(=O)CC(F)(F)F)CCN1. The Morgan fingerprint density at radius 2 is 2.07 bits per heavy atom. The van der Waals surface area contributed by atoms with Crippen LogP contribution >= 0.6 is 0 Å². The summed E-state index contributed by atoms with van der Waals surface area (Å²) in [7, 11) is 0. The Hall–Kier alpha value is -1.27. The van der Waals surface area contributed by atoms with E-state index in [0.29, 0.717) is 0 Å². The van der Waals surface area contributed by atoms with E-state index in [4.69, 9.17) is 0 Å². The molecule has 1 heterocycles. The Balaban J connectivity index is 2.49. The van der Waals surface area contributed by atoms with Crippen LogP contribution in [0.3, 0.4) is 0 Å². The van der Waals surface area contributed by atoms with Gasteiger partial charge in [0.05, 0.1) is 0 Å². The van der Waals surface area contributed by atoms with Gasteiger partial charge in [-0.15, -0.1) is 0 Å². The lowest BCUT2D eigenvalue weighted by Gasteiger charge is -2.20. The van der Waals surface area contributed by atoms with Gasteiger partial charge in [-0.05, 0) is 0 Å². The molecule has 1 fully saturated rings. The quantitative estimate of drug-likeness (QED) is 0.695. The predicted octanol–water partition coefficient (Wildman–Crippen LogP) is 0.287. The Morgan fingerprint density at radius 1 is 1.40 bits per heavy atom. The van der Waals surface area contributed by atoms with Gasteiger partial charge in [-0.1, -0.05) is 0 Å². The van der Waals surface area contributed by atoms with Crippen molar-refractivity contribution in [3.05, 3.63) is 0 Å². The molecular formula is C8H11F3N2O2. The molecule has 0 spiro atoms. The van der Waals surface area contributed by atoms with Crippen LogP contribution in [0.2, 0.25) is 0 Å². The molecule has 0 bridgehead atoms. The highest BCUT2D eigenvalue weighted by atomic mass is 19.4. The summed E-state index contributed by atoms with van der Waals surface area (Å²) < 4.78 is 35.7. The summed E-state index contributed by atoms with van der Waals surface area (Å²) in [5.74, 6) is -1.21. The van der Waals surface area contributed by atoms with E-state index in [0.717, 1.165) is 4.90 Å². The van der Waals surface area contributed by atoms with E-state index >= 15 is 0 Å². The van der Waals surface area contributed by atoms with Gasteiger partial charge in [0.15, 0.2) is 0 Å². The van der Waals surface area contributed by atoms with Crippen LogP contribution in [0.5, 0.6) is 0 Å². The fraction of sp³-hybridized carbons (Fsp3) is 0.750. The van der Waals surface area contributed by atoms with E-state index in [-0.39, 0.29) is 32.0 Å². The molecule has 0 aromatic carbocycles. The van der Waals surface area contributed by atoms with Gasteiger partial charge in [0.25, 0.3) is 0 Å². The third kappa shape index (κ3) is 4.18. The first kappa shape index (κ1) is 11.8. The Labute approximate surface area is 84.4 Å². The number of rotatable bonds is 1. The first-order valence-electron chi connectivity index (χ1n) is 4.50. The van der Waals surface area contributed by atoms with Gasteiger partial charge in [-0.25, -0.2) is 0 Å². The van der Waals surface area contributed by atoms with Crippen LogP contribution in [0.15, 0.2) is 0 Å². The maximum Gasteiger partial charge on any atom is 0.397 e. The molecule has 0 radical (unpaired) electrons. The van der Waals surface area contributed by atoms with Crippen LogP contribution in [0, 0.1) is 0 Å². The molecule has 0 aromatic heterocycles. The first-order chi connectivity index (χ1) is 6.88. The summed E-state index contributed by atoms with van der Waals surface area (Å²) in [5, 5.41) is 2.48. The van der Waals surface area contributed by atoms with E-state index in [1.54, 1.807) is 0 Å². The molecule has 1 rings (SSSR count). The summed E-state index contributed by atoms with van der Waals surface area (Å²) in [5.41, 5.74) is 0. The minimum atomic E-state index is -4.49. The van der Waals surface area contributed by atoms with E-state index in [2.05, 4.69) is 5.32 Å². The van der Waals surface area contributed by atoms with Crippen LogP contribution in [0.4, 0.5) is 13.2 Å². The zero-order chi connectivity index (χ0) is 11.5. The third-order valence-corrected chi connectivity index (χ3v) is 2.02. The summed E-state index contributed by atoms with van der Waals surface area (Å²) in [6, 6.07) is 0. The second-order valence-corrected chi connectivity index (χ2v) is 3.27. The maximum atomic E-state index is 11.9. The largest absolute Gasteiger partial charge is 0.397 e. The number of carbonyl (C=O) groups is 2. The van der Waals surface area contributed by atoms with Crippen molar-refractivity contribution < 1.29 is 22.8 Å². The number of nitrogens with one attached hydrogen (secondary N) is 1. The van der Waals surface area contributed by atoms with E-state index in [9.17, 15) is 22.8 Å². The summed E-state index contributed by atoms with van der Waals surface area (Å²) in [6.07, 6.45) is -5.88. The number of halogens is 3. The third-order valence-electron chi connectivity index (χ3n) is 2.02. The molecule has 0 atom stereocenters. The zero-order valence-corrected chi connectivity index (χ0v) is 7.93. The number of amides is 2. The Kier molecular flexibility index (Phi) is 3.54. The van der Waals surface area contributed by atoms with E-state index < -0.39 is 18.5 Å². The molecule has 86 valence electrons. The van der Waals surface area contributed by atoms with Gasteiger partial charge in [0.2, 0.25) is 11.8 Å². The van der Waals surface area contributed by atoms with Gasteiger partial charge < -0.3 is 10.2 Å². The standard InChI is InChI=1S/C8H11F3N2O2/c9-8(10,11)5-7(15)13-3-1-6(14)12-2-4-13/h1-5H2,(H,12,14). The molecular weight excluding hydrogens is 213 g/mol. The molecule has 0 aliphatic carbocycles. The predicted molar refractivity (Wildman–Crippen MR) is 44.9 cm³/mol. The molecule has 15 heavy (non-hydrogen) atoms. The molecule has 7 heteroatoms. The fourth-order valence-corrected chi connectivity index (χ4v) is 1.30. The molecule has 1 N–H and O–H groups in total. The normalized spacial score (nSPS) is 18.3. The van der Waals surface area contributed by atoms with Crippen LogP contribution in [-0.2, 0) is 9.59 Å². The van der Waals surface area contributed by atoms with Crippen molar-refractivity contribution in [2.45, 2.75) is 19.0 Å². The zero-order valence-electron chi connectivity index (χ0n) is 7.93. The van der Waals surface area contributed by atoms with Gasteiger partial charge >= 0.3 is 6.18 Å². The molecule has 2 amide bonds. The van der Waals surface area contributed by atoms with Crippen molar-refractivity contribution in [3.8, 4) is 0 Å². The molecule has 4 nitrogen and oxygen atoms in total. The lowest BCUT2D eigenvalue weighted by Crippen LogP contribution is -2.36. The lowest BCUT2D eigenvalue weighted by molar-refractivity contribution is -0.161. The van der Waals surface area contributed by atoms with Crippen LogP contribution in [0.25, 0.3) is 0 Å². The van der Waals surface area contributed by atoms with Crippen molar-refractivity contribution in [2.75, 3.05) is 19.6 Å². The van der Waals surface area contributed by atoms with Crippen molar-refractivity contribution >= 4 is 11.8 Å². The second-order valence-electron chi connectivity index (χ2n) is 3.27. The fourth-order valence-electron chi connectivity index (χ4n) is 1.30. The summed E-state index contributed by atoms with van der Waals surface area (Å²) in [6.45, 7) is 0.407. The summed E-state index contributed by atoms with van der Waals surface area (Å²) >= 11 is 0. The maximum absolute atomic E-state index is 11.9. The van der Waals surface area contributed by atoms with Crippen LogP contribution in [-0.4, -0.2) is 42.5 Å². The molecule has 1 saturated heterocycles. The average Bonchev–Trinajstić information content (AvgIpc) is 2.26. The lowest BCUT2D eigenvalue weighted by atomic mass is 10.3. The van der Waals surface area contributed by atoms with Crippen molar-refractivity contribution in [1.82, 2.24) is 10.2 Å². The van der Waals surface area contributed by atoms with Crippen molar-refractivity contribution in [2.24, 2.45) is 0 Å². The topological polar surface area (TPSA) is 49.4 Å². The molecule has 0 unspecified atom stereocenters. The first-order valence-corrected chi connectivity index (χ1v) is 4.50. The van der Waals surface area contributed by atoms with Crippen LogP contribution < -0.4 is 5.32 Å². The number of hydrogen-bond acceptors (Lipinski definition) is 2. The highest BCUT2D eigenvalue weighted by molar-refractivity contribution is 5.80. The highest BCUT2D eigenvalue weighted by Gasteiger charge is 2.33. The number of carbonyl (C=O) groups excluding carboxylic acids is 2. The highest BCUT2D eigenvalue weighted by Crippen LogP contribution is 2.20. The number of nitrogens with zero attached hydrogens (tertiary/aromatic N) is 1. The Bertz CT molecular complexity index is 265. The Morgan fingerprint density at radius 3 is 2.67 bits per heavy atom. The van der Waals surface area contributed by atoms with Gasteiger partial charge in [-0.3, -0.25) is 9.59 Å².